The first-order chi connectivity index (χ1) is 17.1. The lowest BCUT2D eigenvalue weighted by molar-refractivity contribution is -0.133. The fraction of sp³-hybridized carbons (Fsp3) is 0.222. The molecule has 1 saturated heterocycles. The molecule has 1 aromatic heterocycles. The van der Waals surface area contributed by atoms with Crippen LogP contribution in [0.4, 0.5) is 5.82 Å². The SMILES string of the molecule is O=C(COc1ccc(Cl)cc1)N1CCN(c2nc3ccccc3n(Cc3ccccc3)c2=O)CC1. The second kappa shape index (κ2) is 10.2. The van der Waals surface area contributed by atoms with Crippen molar-refractivity contribution in [2.75, 3.05) is 37.7 Å². The van der Waals surface area contributed by atoms with Gasteiger partial charge in [-0.1, -0.05) is 54.1 Å². The van der Waals surface area contributed by atoms with Gasteiger partial charge in [-0.2, -0.15) is 0 Å². The summed E-state index contributed by atoms with van der Waals surface area (Å²) in [6, 6.07) is 24.5. The molecule has 1 fully saturated rings. The first-order valence-corrected chi connectivity index (χ1v) is 11.9. The van der Waals surface area contributed by atoms with Crippen LogP contribution >= 0.6 is 11.6 Å². The van der Waals surface area contributed by atoms with E-state index >= 15 is 0 Å². The number of carbonyl (C=O) groups is 1. The lowest BCUT2D eigenvalue weighted by Gasteiger charge is -2.35. The lowest BCUT2D eigenvalue weighted by atomic mass is 10.2. The summed E-state index contributed by atoms with van der Waals surface area (Å²) >= 11 is 5.89. The van der Waals surface area contributed by atoms with Crippen LogP contribution < -0.4 is 15.2 Å². The number of aromatic nitrogens is 2. The molecule has 35 heavy (non-hydrogen) atoms. The predicted octanol–water partition coefficient (Wildman–Crippen LogP) is 3.83. The lowest BCUT2D eigenvalue weighted by Crippen LogP contribution is -2.51. The van der Waals surface area contributed by atoms with Crippen molar-refractivity contribution in [1.29, 1.82) is 0 Å². The van der Waals surface area contributed by atoms with Crippen molar-refractivity contribution < 1.29 is 9.53 Å². The highest BCUT2D eigenvalue weighted by atomic mass is 35.5. The van der Waals surface area contributed by atoms with Crippen LogP contribution in [-0.4, -0.2) is 53.1 Å². The van der Waals surface area contributed by atoms with E-state index in [-0.39, 0.29) is 18.1 Å². The molecule has 3 aromatic carbocycles. The monoisotopic (exact) mass is 488 g/mol. The minimum atomic E-state index is -0.126. The number of fused-ring (bicyclic) bond motifs is 1. The Morgan fingerprint density at radius 1 is 0.886 bits per heavy atom. The Hall–Kier alpha value is -3.84. The number of hydrogen-bond acceptors (Lipinski definition) is 5. The van der Waals surface area contributed by atoms with E-state index in [9.17, 15) is 9.59 Å². The molecule has 0 unspecified atom stereocenters. The summed E-state index contributed by atoms with van der Waals surface area (Å²) in [5.41, 5.74) is 2.50. The first kappa shape index (κ1) is 22.9. The molecule has 5 rings (SSSR count). The van der Waals surface area contributed by atoms with Crippen molar-refractivity contribution in [3.8, 4) is 5.75 Å². The highest BCUT2D eigenvalue weighted by Gasteiger charge is 2.25. The Balaban J connectivity index is 1.30. The molecule has 2 heterocycles. The van der Waals surface area contributed by atoms with Gasteiger partial charge in [-0.25, -0.2) is 4.98 Å². The van der Waals surface area contributed by atoms with Gasteiger partial charge in [-0.05, 0) is 42.0 Å². The van der Waals surface area contributed by atoms with Crippen molar-refractivity contribution in [3.05, 3.63) is 99.8 Å². The van der Waals surface area contributed by atoms with Crippen molar-refractivity contribution in [1.82, 2.24) is 14.5 Å². The molecule has 0 atom stereocenters. The maximum Gasteiger partial charge on any atom is 0.294 e. The highest BCUT2D eigenvalue weighted by Crippen LogP contribution is 2.18. The van der Waals surface area contributed by atoms with Crippen LogP contribution in [0.25, 0.3) is 11.0 Å². The van der Waals surface area contributed by atoms with Gasteiger partial charge in [0, 0.05) is 31.2 Å². The number of carbonyl (C=O) groups excluding carboxylic acids is 1. The van der Waals surface area contributed by atoms with Gasteiger partial charge in [-0.3, -0.25) is 14.2 Å². The average molecular weight is 489 g/mol. The number of benzene rings is 3. The second-order valence-corrected chi connectivity index (χ2v) is 8.85. The Kier molecular flexibility index (Phi) is 6.68. The average Bonchev–Trinajstić information content (AvgIpc) is 2.90. The third-order valence-corrected chi connectivity index (χ3v) is 6.38. The fourth-order valence-electron chi connectivity index (χ4n) is 4.24. The van der Waals surface area contributed by atoms with Crippen LogP contribution in [0.5, 0.6) is 5.75 Å². The molecule has 0 radical (unpaired) electrons. The number of halogens is 1. The number of rotatable bonds is 6. The Morgan fingerprint density at radius 3 is 2.31 bits per heavy atom. The molecular weight excluding hydrogens is 464 g/mol. The summed E-state index contributed by atoms with van der Waals surface area (Å²) < 4.78 is 7.38. The van der Waals surface area contributed by atoms with E-state index < -0.39 is 0 Å². The van der Waals surface area contributed by atoms with E-state index in [2.05, 4.69) is 0 Å². The van der Waals surface area contributed by atoms with Crippen LogP contribution in [0, 0.1) is 0 Å². The first-order valence-electron chi connectivity index (χ1n) is 11.5. The van der Waals surface area contributed by atoms with Crippen LogP contribution in [0.1, 0.15) is 5.56 Å². The summed E-state index contributed by atoms with van der Waals surface area (Å²) in [5.74, 6) is 0.928. The normalized spacial score (nSPS) is 13.7. The van der Waals surface area contributed by atoms with Gasteiger partial charge in [0.15, 0.2) is 12.4 Å². The predicted molar refractivity (Wildman–Crippen MR) is 137 cm³/mol. The van der Waals surface area contributed by atoms with E-state index in [1.165, 1.54) is 0 Å². The van der Waals surface area contributed by atoms with Crippen LogP contribution in [-0.2, 0) is 11.3 Å². The topological polar surface area (TPSA) is 67.7 Å². The van der Waals surface area contributed by atoms with Crippen LogP contribution in [0.2, 0.25) is 5.02 Å². The van der Waals surface area contributed by atoms with Crippen LogP contribution in [0.3, 0.4) is 0 Å². The van der Waals surface area contributed by atoms with E-state index in [1.54, 1.807) is 33.7 Å². The molecule has 8 heteroatoms. The number of piperazine rings is 1. The van der Waals surface area contributed by atoms with Crippen molar-refractivity contribution in [3.63, 3.8) is 0 Å². The molecule has 0 bridgehead atoms. The van der Waals surface area contributed by atoms with E-state index in [0.29, 0.717) is 49.3 Å². The fourth-order valence-corrected chi connectivity index (χ4v) is 4.37. The van der Waals surface area contributed by atoms with Gasteiger partial charge in [0.25, 0.3) is 11.5 Å². The van der Waals surface area contributed by atoms with E-state index in [0.717, 1.165) is 16.6 Å². The summed E-state index contributed by atoms with van der Waals surface area (Å²) in [5, 5.41) is 0.616. The van der Waals surface area contributed by atoms with E-state index in [1.807, 2.05) is 59.5 Å². The molecular formula is C27H25ClN4O3. The smallest absolute Gasteiger partial charge is 0.294 e. The number of nitrogens with zero attached hydrogens (tertiary/aromatic N) is 4. The zero-order valence-corrected chi connectivity index (χ0v) is 19.9. The van der Waals surface area contributed by atoms with E-state index in [4.69, 9.17) is 21.3 Å². The number of amides is 1. The molecule has 0 saturated carbocycles. The van der Waals surface area contributed by atoms with Crippen molar-refractivity contribution in [2.24, 2.45) is 0 Å². The Morgan fingerprint density at radius 2 is 1.57 bits per heavy atom. The van der Waals surface area contributed by atoms with Crippen molar-refractivity contribution in [2.45, 2.75) is 6.54 Å². The molecule has 7 nitrogen and oxygen atoms in total. The third kappa shape index (κ3) is 5.15. The summed E-state index contributed by atoms with van der Waals surface area (Å²) in [7, 11) is 0. The molecule has 1 aliphatic heterocycles. The Labute approximate surface area is 208 Å². The largest absolute Gasteiger partial charge is 0.484 e. The minimum absolute atomic E-state index is 0.0419. The molecule has 4 aromatic rings. The van der Waals surface area contributed by atoms with Gasteiger partial charge >= 0.3 is 0 Å². The molecule has 0 spiro atoms. The summed E-state index contributed by atoms with van der Waals surface area (Å²) in [6.07, 6.45) is 0. The Bertz CT molecular complexity index is 1380. The van der Waals surface area contributed by atoms with Gasteiger partial charge < -0.3 is 14.5 Å². The zero-order valence-electron chi connectivity index (χ0n) is 19.1. The number of anilines is 1. The van der Waals surface area contributed by atoms with Gasteiger partial charge in [-0.15, -0.1) is 0 Å². The minimum Gasteiger partial charge on any atom is -0.484 e. The third-order valence-electron chi connectivity index (χ3n) is 6.13. The highest BCUT2D eigenvalue weighted by molar-refractivity contribution is 6.30. The number of ether oxygens (including phenoxy) is 1. The number of hydrogen-bond donors (Lipinski definition) is 0. The standard InChI is InChI=1S/C27H25ClN4O3/c28-21-10-12-22(13-11-21)35-19-25(33)30-14-16-31(17-15-30)26-27(34)32(18-20-6-2-1-3-7-20)24-9-5-4-8-23(24)29-26/h1-13H,14-19H2. The van der Waals surface area contributed by atoms with Crippen molar-refractivity contribution >= 4 is 34.4 Å². The molecule has 1 aliphatic rings. The quantitative estimate of drug-likeness (QED) is 0.412. The zero-order chi connectivity index (χ0) is 24.2. The molecule has 178 valence electrons. The number of para-hydroxylation sites is 2. The maximum absolute atomic E-state index is 13.5. The van der Waals surface area contributed by atoms with Gasteiger partial charge in [0.05, 0.1) is 17.6 Å². The molecule has 1 amide bonds. The van der Waals surface area contributed by atoms with Crippen LogP contribution in [0.15, 0.2) is 83.7 Å². The van der Waals surface area contributed by atoms with Gasteiger partial charge in [0.2, 0.25) is 0 Å². The summed E-state index contributed by atoms with van der Waals surface area (Å²) in [6.45, 7) is 2.47. The second-order valence-electron chi connectivity index (χ2n) is 8.41. The summed E-state index contributed by atoms with van der Waals surface area (Å²) in [4.78, 5) is 34.6. The van der Waals surface area contributed by atoms with Gasteiger partial charge in [0.1, 0.15) is 5.75 Å². The maximum atomic E-state index is 13.5. The molecule has 0 aliphatic carbocycles. The molecule has 0 N–H and O–H groups in total.